The lowest BCUT2D eigenvalue weighted by Gasteiger charge is -2.11. The van der Waals surface area contributed by atoms with Gasteiger partial charge in [-0.05, 0) is 28.5 Å². The number of nitrogen functional groups attached to an aromatic ring is 1. The number of nitrogens with two attached hydrogens (primary N) is 1. The highest BCUT2D eigenvalue weighted by molar-refractivity contribution is 5.97. The Balaban J connectivity index is 1.86. The fourth-order valence-corrected chi connectivity index (χ4v) is 2.99. The van der Waals surface area contributed by atoms with Crippen molar-refractivity contribution in [2.45, 2.75) is 0 Å². The number of rotatable bonds is 3. The highest BCUT2D eigenvalue weighted by Crippen LogP contribution is 2.33. The van der Waals surface area contributed by atoms with E-state index in [4.69, 9.17) is 10.5 Å². The van der Waals surface area contributed by atoms with E-state index < -0.39 is 0 Å². The summed E-state index contributed by atoms with van der Waals surface area (Å²) in [6, 6.07) is 20.4. The van der Waals surface area contributed by atoms with Crippen LogP contribution in [0.4, 0.5) is 5.82 Å². The van der Waals surface area contributed by atoms with E-state index in [0.29, 0.717) is 11.7 Å². The predicted molar refractivity (Wildman–Crippen MR) is 101 cm³/mol. The Hall–Kier alpha value is -3.40. The van der Waals surface area contributed by atoms with Crippen LogP contribution in [0.2, 0.25) is 0 Å². The first-order chi connectivity index (χ1) is 12.3. The second-order valence-electron chi connectivity index (χ2n) is 5.77. The monoisotopic (exact) mass is 327 g/mol. The fourth-order valence-electron chi connectivity index (χ4n) is 2.99. The van der Waals surface area contributed by atoms with E-state index in [2.05, 4.69) is 46.4 Å². The second-order valence-corrected chi connectivity index (χ2v) is 5.77. The van der Waals surface area contributed by atoms with Crippen molar-refractivity contribution in [3.8, 4) is 28.1 Å². The van der Waals surface area contributed by atoms with Crippen molar-refractivity contribution in [2.75, 3.05) is 12.8 Å². The fraction of sp³-hybridized carbons (Fsp3) is 0.0476. The molecule has 0 radical (unpaired) electrons. The zero-order valence-electron chi connectivity index (χ0n) is 13.8. The average molecular weight is 327 g/mol. The van der Waals surface area contributed by atoms with Crippen LogP contribution in [0.1, 0.15) is 0 Å². The molecule has 0 aliphatic carbocycles. The van der Waals surface area contributed by atoms with Crippen LogP contribution in [-0.2, 0) is 0 Å². The first-order valence-electron chi connectivity index (χ1n) is 8.00. The summed E-state index contributed by atoms with van der Waals surface area (Å²) in [6.45, 7) is 0. The first kappa shape index (κ1) is 15.1. The van der Waals surface area contributed by atoms with Gasteiger partial charge in [-0.1, -0.05) is 42.5 Å². The van der Waals surface area contributed by atoms with E-state index in [1.54, 1.807) is 13.3 Å². The Bertz CT molecular complexity index is 1040. The lowest BCUT2D eigenvalue weighted by Crippen LogP contribution is -1.96. The Kier molecular flexibility index (Phi) is 3.78. The van der Waals surface area contributed by atoms with Gasteiger partial charge < -0.3 is 10.5 Å². The Labute approximate surface area is 145 Å². The number of hydrogen-bond donors (Lipinski definition) is 1. The van der Waals surface area contributed by atoms with E-state index in [9.17, 15) is 0 Å². The third-order valence-corrected chi connectivity index (χ3v) is 4.28. The number of nitrogens with zero attached hydrogens (tertiary/aromatic N) is 2. The lowest BCUT2D eigenvalue weighted by molar-refractivity contribution is 0.398. The van der Waals surface area contributed by atoms with Gasteiger partial charge in [0.05, 0.1) is 7.11 Å². The smallest absolute Gasteiger partial charge is 0.212 e. The van der Waals surface area contributed by atoms with E-state index in [1.165, 1.54) is 10.8 Å². The van der Waals surface area contributed by atoms with Gasteiger partial charge in [0.2, 0.25) is 5.88 Å². The maximum Gasteiger partial charge on any atom is 0.212 e. The third kappa shape index (κ3) is 2.78. The number of benzene rings is 2. The number of methoxy groups -OCH3 is 1. The third-order valence-electron chi connectivity index (χ3n) is 4.28. The van der Waals surface area contributed by atoms with E-state index >= 15 is 0 Å². The summed E-state index contributed by atoms with van der Waals surface area (Å²) < 4.78 is 5.12. The van der Waals surface area contributed by atoms with E-state index in [1.807, 2.05) is 30.5 Å². The van der Waals surface area contributed by atoms with Crippen LogP contribution >= 0.6 is 0 Å². The van der Waals surface area contributed by atoms with Gasteiger partial charge in [0.1, 0.15) is 5.82 Å². The normalized spacial score (nSPS) is 10.8. The molecule has 122 valence electrons. The molecule has 0 saturated carbocycles. The molecule has 4 nitrogen and oxygen atoms in total. The van der Waals surface area contributed by atoms with Crippen LogP contribution in [0.5, 0.6) is 5.88 Å². The molecule has 4 rings (SSSR count). The molecule has 2 heterocycles. The van der Waals surface area contributed by atoms with Crippen LogP contribution in [0.3, 0.4) is 0 Å². The van der Waals surface area contributed by atoms with Gasteiger partial charge >= 0.3 is 0 Å². The van der Waals surface area contributed by atoms with Gasteiger partial charge in [-0.15, -0.1) is 0 Å². The van der Waals surface area contributed by atoms with Gasteiger partial charge in [-0.25, -0.2) is 9.97 Å². The number of fused-ring (bicyclic) bond motifs is 1. The molecule has 0 spiro atoms. The topological polar surface area (TPSA) is 61.0 Å². The molecule has 2 aromatic carbocycles. The summed E-state index contributed by atoms with van der Waals surface area (Å²) in [5.74, 6) is 1.05. The zero-order valence-corrected chi connectivity index (χ0v) is 13.8. The first-order valence-corrected chi connectivity index (χ1v) is 8.00. The van der Waals surface area contributed by atoms with Crippen LogP contribution < -0.4 is 10.5 Å². The lowest BCUT2D eigenvalue weighted by atomic mass is 9.97. The molecule has 4 heteroatoms. The molecule has 0 fully saturated rings. The van der Waals surface area contributed by atoms with E-state index in [-0.39, 0.29) is 0 Å². The summed E-state index contributed by atoms with van der Waals surface area (Å²) in [7, 11) is 1.60. The maximum atomic E-state index is 6.11. The van der Waals surface area contributed by atoms with Crippen LogP contribution in [0.15, 0.2) is 73.1 Å². The largest absolute Gasteiger partial charge is 0.481 e. The van der Waals surface area contributed by atoms with Crippen molar-refractivity contribution < 1.29 is 4.74 Å². The Morgan fingerprint density at radius 2 is 1.60 bits per heavy atom. The number of aromatic nitrogens is 2. The molecular formula is C21H17N3O. The van der Waals surface area contributed by atoms with Crippen molar-refractivity contribution >= 4 is 16.6 Å². The highest BCUT2D eigenvalue weighted by atomic mass is 16.5. The van der Waals surface area contributed by atoms with Gasteiger partial charge in [0.15, 0.2) is 0 Å². The van der Waals surface area contributed by atoms with Crippen molar-refractivity contribution in [1.82, 2.24) is 9.97 Å². The van der Waals surface area contributed by atoms with Gasteiger partial charge in [-0.3, -0.25) is 0 Å². The SMILES string of the molecule is COc1ccc(-c2cc(-c3cccc4ccccc34)cnc2N)cn1. The molecule has 4 aromatic rings. The molecule has 25 heavy (non-hydrogen) atoms. The molecule has 2 aromatic heterocycles. The minimum atomic E-state index is 0.482. The summed E-state index contributed by atoms with van der Waals surface area (Å²) in [5.41, 5.74) is 10.0. The second kappa shape index (κ2) is 6.24. The minimum Gasteiger partial charge on any atom is -0.481 e. The average Bonchev–Trinajstić information content (AvgIpc) is 2.68. The van der Waals surface area contributed by atoms with Crippen molar-refractivity contribution in [3.63, 3.8) is 0 Å². The van der Waals surface area contributed by atoms with Gasteiger partial charge in [0, 0.05) is 35.2 Å². The minimum absolute atomic E-state index is 0.482. The van der Waals surface area contributed by atoms with Crippen molar-refractivity contribution in [2.24, 2.45) is 0 Å². The Morgan fingerprint density at radius 1 is 0.800 bits per heavy atom. The molecular weight excluding hydrogens is 310 g/mol. The standard InChI is InChI=1S/C21H17N3O/c1-25-20-10-9-15(12-23-20)19-11-16(13-24-21(19)22)18-8-4-6-14-5-2-3-7-17(14)18/h2-13H,1H3,(H2,22,24). The quantitative estimate of drug-likeness (QED) is 0.599. The van der Waals surface area contributed by atoms with Crippen LogP contribution in [0, 0.1) is 0 Å². The molecule has 0 saturated heterocycles. The van der Waals surface area contributed by atoms with Crippen LogP contribution in [0.25, 0.3) is 33.0 Å². The molecule has 0 bridgehead atoms. The molecule has 0 unspecified atom stereocenters. The van der Waals surface area contributed by atoms with E-state index in [0.717, 1.165) is 22.3 Å². The summed E-state index contributed by atoms with van der Waals surface area (Å²) >= 11 is 0. The van der Waals surface area contributed by atoms with Gasteiger partial charge in [0.25, 0.3) is 0 Å². The number of hydrogen-bond acceptors (Lipinski definition) is 4. The number of anilines is 1. The van der Waals surface area contributed by atoms with Crippen molar-refractivity contribution in [3.05, 3.63) is 73.1 Å². The number of ether oxygens (including phenoxy) is 1. The summed E-state index contributed by atoms with van der Waals surface area (Å²) in [6.07, 6.45) is 3.57. The molecule has 0 amide bonds. The van der Waals surface area contributed by atoms with Crippen LogP contribution in [-0.4, -0.2) is 17.1 Å². The molecule has 0 aliphatic heterocycles. The zero-order chi connectivity index (χ0) is 17.2. The van der Waals surface area contributed by atoms with Gasteiger partial charge in [-0.2, -0.15) is 0 Å². The maximum absolute atomic E-state index is 6.11. The highest BCUT2D eigenvalue weighted by Gasteiger charge is 2.10. The number of pyridine rings is 2. The molecule has 2 N–H and O–H groups in total. The van der Waals surface area contributed by atoms with Crippen molar-refractivity contribution in [1.29, 1.82) is 0 Å². The Morgan fingerprint density at radius 3 is 2.40 bits per heavy atom. The summed E-state index contributed by atoms with van der Waals surface area (Å²) in [4.78, 5) is 8.66. The molecule has 0 atom stereocenters. The molecule has 0 aliphatic rings. The summed E-state index contributed by atoms with van der Waals surface area (Å²) in [5, 5.41) is 2.39. The predicted octanol–water partition coefficient (Wildman–Crippen LogP) is 4.55.